The van der Waals surface area contributed by atoms with Gasteiger partial charge in [-0.1, -0.05) is 19.9 Å². The minimum absolute atomic E-state index is 0.295. The predicted octanol–water partition coefficient (Wildman–Crippen LogP) is 3.14. The van der Waals surface area contributed by atoms with E-state index < -0.39 is 5.97 Å². The molecule has 1 atom stereocenters. The van der Waals surface area contributed by atoms with Gasteiger partial charge >= 0.3 is 5.97 Å². The molecule has 1 aliphatic rings. The Morgan fingerprint density at radius 2 is 2.11 bits per heavy atom. The third-order valence-electron chi connectivity index (χ3n) is 3.80. The molecule has 3 rings (SSSR count). The van der Waals surface area contributed by atoms with Gasteiger partial charge < -0.3 is 10.4 Å². The van der Waals surface area contributed by atoms with Crippen molar-refractivity contribution in [2.24, 2.45) is 5.41 Å². The Morgan fingerprint density at radius 1 is 1.37 bits per heavy atom. The van der Waals surface area contributed by atoms with Crippen LogP contribution in [0.5, 0.6) is 0 Å². The molecular weight excluding hydrogens is 240 g/mol. The Morgan fingerprint density at radius 3 is 2.74 bits per heavy atom. The highest BCUT2D eigenvalue weighted by atomic mass is 16.4. The van der Waals surface area contributed by atoms with Crippen LogP contribution >= 0.6 is 0 Å². The SMILES string of the molecule is CC1(C)CC1Nc1ccc2c(C(=O)O)cccc2n1. The number of carboxylic acid groups (broad SMARTS) is 1. The van der Waals surface area contributed by atoms with Crippen molar-refractivity contribution in [3.8, 4) is 0 Å². The highest BCUT2D eigenvalue weighted by Gasteiger charge is 2.45. The van der Waals surface area contributed by atoms with Gasteiger partial charge in [-0.15, -0.1) is 0 Å². The van der Waals surface area contributed by atoms with Crippen LogP contribution in [0.2, 0.25) is 0 Å². The lowest BCUT2D eigenvalue weighted by Crippen LogP contribution is -2.09. The van der Waals surface area contributed by atoms with Crippen molar-refractivity contribution in [3.63, 3.8) is 0 Å². The zero-order valence-corrected chi connectivity index (χ0v) is 11.0. The van der Waals surface area contributed by atoms with Crippen LogP contribution in [0.3, 0.4) is 0 Å². The number of carboxylic acids is 1. The zero-order chi connectivity index (χ0) is 13.6. The third-order valence-corrected chi connectivity index (χ3v) is 3.80. The van der Waals surface area contributed by atoms with Gasteiger partial charge in [0.15, 0.2) is 0 Å². The predicted molar refractivity (Wildman–Crippen MR) is 74.5 cm³/mol. The molecule has 0 aliphatic heterocycles. The zero-order valence-electron chi connectivity index (χ0n) is 11.0. The molecule has 1 aliphatic carbocycles. The number of pyridine rings is 1. The van der Waals surface area contributed by atoms with Crippen molar-refractivity contribution in [3.05, 3.63) is 35.9 Å². The van der Waals surface area contributed by atoms with Crippen LogP contribution in [0.15, 0.2) is 30.3 Å². The maximum atomic E-state index is 11.1. The summed E-state index contributed by atoms with van der Waals surface area (Å²) < 4.78 is 0. The van der Waals surface area contributed by atoms with E-state index in [0.717, 1.165) is 12.2 Å². The largest absolute Gasteiger partial charge is 0.478 e. The number of hydrogen-bond donors (Lipinski definition) is 2. The van der Waals surface area contributed by atoms with E-state index in [4.69, 9.17) is 5.11 Å². The number of rotatable bonds is 3. The normalized spacial score (nSPS) is 20.2. The molecule has 2 aromatic rings. The topological polar surface area (TPSA) is 62.2 Å². The Bertz CT molecular complexity index is 664. The van der Waals surface area contributed by atoms with Crippen molar-refractivity contribution in [1.29, 1.82) is 0 Å². The second-order valence-corrected chi connectivity index (χ2v) is 5.76. The second kappa shape index (κ2) is 3.95. The lowest BCUT2D eigenvalue weighted by molar-refractivity contribution is 0.0699. The molecule has 1 fully saturated rings. The maximum Gasteiger partial charge on any atom is 0.336 e. The van der Waals surface area contributed by atoms with Crippen molar-refractivity contribution in [2.75, 3.05) is 5.32 Å². The first-order valence-electron chi connectivity index (χ1n) is 6.37. The molecule has 0 saturated heterocycles. The molecule has 1 aromatic heterocycles. The van der Waals surface area contributed by atoms with Crippen molar-refractivity contribution in [1.82, 2.24) is 4.98 Å². The monoisotopic (exact) mass is 256 g/mol. The van der Waals surface area contributed by atoms with Crippen LogP contribution in [0.4, 0.5) is 5.82 Å². The maximum absolute atomic E-state index is 11.1. The number of hydrogen-bond acceptors (Lipinski definition) is 3. The van der Waals surface area contributed by atoms with Gasteiger partial charge in [0.25, 0.3) is 0 Å². The summed E-state index contributed by atoms with van der Waals surface area (Å²) >= 11 is 0. The Labute approximate surface area is 111 Å². The first-order chi connectivity index (χ1) is 8.97. The van der Waals surface area contributed by atoms with E-state index >= 15 is 0 Å². The fourth-order valence-corrected chi connectivity index (χ4v) is 2.31. The van der Waals surface area contributed by atoms with E-state index in [9.17, 15) is 4.79 Å². The average Bonchev–Trinajstić information content (AvgIpc) is 2.95. The molecular formula is C15H16N2O2. The molecule has 1 saturated carbocycles. The van der Waals surface area contributed by atoms with Crippen LogP contribution in [0.1, 0.15) is 30.6 Å². The lowest BCUT2D eigenvalue weighted by Gasteiger charge is -2.09. The molecule has 0 amide bonds. The Hall–Kier alpha value is -2.10. The first-order valence-corrected chi connectivity index (χ1v) is 6.37. The fraction of sp³-hybridized carbons (Fsp3) is 0.333. The number of fused-ring (bicyclic) bond motifs is 1. The highest BCUT2D eigenvalue weighted by molar-refractivity contribution is 6.02. The van der Waals surface area contributed by atoms with E-state index in [1.165, 1.54) is 0 Å². The molecule has 2 N–H and O–H groups in total. The number of nitrogens with one attached hydrogen (secondary N) is 1. The van der Waals surface area contributed by atoms with Gasteiger partial charge in [-0.05, 0) is 36.1 Å². The van der Waals surface area contributed by atoms with Crippen molar-refractivity contribution >= 4 is 22.7 Å². The molecule has 0 spiro atoms. The molecule has 0 radical (unpaired) electrons. The molecule has 4 nitrogen and oxygen atoms in total. The highest BCUT2D eigenvalue weighted by Crippen LogP contribution is 2.46. The van der Waals surface area contributed by atoms with Gasteiger partial charge in [0.05, 0.1) is 11.1 Å². The molecule has 98 valence electrons. The molecule has 1 aromatic carbocycles. The average molecular weight is 256 g/mol. The van der Waals surface area contributed by atoms with E-state index in [1.54, 1.807) is 12.1 Å². The minimum atomic E-state index is -0.920. The van der Waals surface area contributed by atoms with Crippen LogP contribution in [-0.2, 0) is 0 Å². The fourth-order valence-electron chi connectivity index (χ4n) is 2.31. The summed E-state index contributed by atoms with van der Waals surface area (Å²) in [6.45, 7) is 4.43. The van der Waals surface area contributed by atoms with Crippen LogP contribution in [0.25, 0.3) is 10.9 Å². The van der Waals surface area contributed by atoms with Gasteiger partial charge in [0.1, 0.15) is 5.82 Å². The summed E-state index contributed by atoms with van der Waals surface area (Å²) in [5, 5.41) is 13.2. The first kappa shape index (κ1) is 12.0. The summed E-state index contributed by atoms with van der Waals surface area (Å²) in [6, 6.07) is 9.30. The summed E-state index contributed by atoms with van der Waals surface area (Å²) in [4.78, 5) is 15.6. The summed E-state index contributed by atoms with van der Waals surface area (Å²) in [7, 11) is 0. The van der Waals surface area contributed by atoms with Gasteiger partial charge in [-0.25, -0.2) is 9.78 Å². The van der Waals surface area contributed by atoms with Crippen LogP contribution in [-0.4, -0.2) is 22.1 Å². The summed E-state index contributed by atoms with van der Waals surface area (Å²) in [6.07, 6.45) is 1.14. The number of aromatic carboxylic acids is 1. The molecule has 1 heterocycles. The Kier molecular flexibility index (Phi) is 2.49. The summed E-state index contributed by atoms with van der Waals surface area (Å²) in [5.41, 5.74) is 1.34. The Balaban J connectivity index is 1.96. The third kappa shape index (κ3) is 2.14. The van der Waals surface area contributed by atoms with E-state index in [0.29, 0.717) is 27.9 Å². The van der Waals surface area contributed by atoms with Gasteiger partial charge in [-0.3, -0.25) is 0 Å². The standard InChI is InChI=1S/C15H16N2O2/c1-15(2)8-12(15)17-13-7-6-9-10(14(18)19)4-3-5-11(9)16-13/h3-7,12H,8H2,1-2H3,(H,16,17)(H,18,19). The number of aromatic nitrogens is 1. The smallest absolute Gasteiger partial charge is 0.336 e. The van der Waals surface area contributed by atoms with Crippen molar-refractivity contribution < 1.29 is 9.90 Å². The minimum Gasteiger partial charge on any atom is -0.478 e. The number of carbonyl (C=O) groups is 1. The number of anilines is 1. The van der Waals surface area contributed by atoms with E-state index in [-0.39, 0.29) is 0 Å². The lowest BCUT2D eigenvalue weighted by atomic mass is 10.1. The molecule has 4 heteroatoms. The summed E-state index contributed by atoms with van der Waals surface area (Å²) in [5.74, 6) is -0.109. The van der Waals surface area contributed by atoms with Gasteiger partial charge in [0.2, 0.25) is 0 Å². The number of nitrogens with zero attached hydrogens (tertiary/aromatic N) is 1. The quantitative estimate of drug-likeness (QED) is 0.885. The van der Waals surface area contributed by atoms with Crippen molar-refractivity contribution in [2.45, 2.75) is 26.3 Å². The van der Waals surface area contributed by atoms with Gasteiger partial charge in [-0.2, -0.15) is 0 Å². The number of benzene rings is 1. The van der Waals surface area contributed by atoms with E-state index in [1.807, 2.05) is 18.2 Å². The van der Waals surface area contributed by atoms with Gasteiger partial charge in [0, 0.05) is 11.4 Å². The van der Waals surface area contributed by atoms with E-state index in [2.05, 4.69) is 24.1 Å². The molecule has 19 heavy (non-hydrogen) atoms. The van der Waals surface area contributed by atoms with Crippen LogP contribution in [0, 0.1) is 5.41 Å². The molecule has 0 bridgehead atoms. The van der Waals surface area contributed by atoms with Crippen LogP contribution < -0.4 is 5.32 Å². The molecule has 1 unspecified atom stereocenters. The second-order valence-electron chi connectivity index (χ2n) is 5.76.